The van der Waals surface area contributed by atoms with Gasteiger partial charge in [0.25, 0.3) is 0 Å². The summed E-state index contributed by atoms with van der Waals surface area (Å²) in [6.45, 7) is 10.4. The maximum atomic E-state index is 2.25. The monoisotopic (exact) mass is 196 g/mol. The molecule has 0 aromatic carbocycles. The van der Waals surface area contributed by atoms with Crippen LogP contribution in [0.3, 0.4) is 0 Å². The Labute approximate surface area is 86.3 Å². The predicted molar refractivity (Wildman–Crippen MR) is 64.5 cm³/mol. The van der Waals surface area contributed by atoms with Crippen LogP contribution in [0.5, 0.6) is 0 Å². The van der Waals surface area contributed by atoms with E-state index in [4.69, 9.17) is 0 Å². The Balaban J connectivity index is 0.000000671. The fourth-order valence-electron chi connectivity index (χ4n) is 1.18. The van der Waals surface area contributed by atoms with E-state index in [0.717, 1.165) is 6.42 Å². The van der Waals surface area contributed by atoms with E-state index in [1.54, 1.807) is 0 Å². The Bertz CT molecular complexity index is 256. The highest BCUT2D eigenvalue weighted by atomic mass is 32.1. The highest BCUT2D eigenvalue weighted by Gasteiger charge is 2.00. The third-order valence-corrected chi connectivity index (χ3v) is 2.84. The fraction of sp³-hybridized carbons (Fsp3) is 0.500. The van der Waals surface area contributed by atoms with Crippen LogP contribution in [0, 0.1) is 6.92 Å². The van der Waals surface area contributed by atoms with E-state index in [0.29, 0.717) is 0 Å². The molecule has 0 amide bonds. The van der Waals surface area contributed by atoms with Crippen molar-refractivity contribution in [3.05, 3.63) is 27.5 Å². The van der Waals surface area contributed by atoms with Crippen molar-refractivity contribution in [1.82, 2.24) is 0 Å². The third-order valence-electron chi connectivity index (χ3n) is 1.63. The average Bonchev–Trinajstić information content (AvgIpc) is 2.50. The summed E-state index contributed by atoms with van der Waals surface area (Å²) in [5.41, 5.74) is 1.40. The molecule has 0 atom stereocenters. The van der Waals surface area contributed by atoms with Gasteiger partial charge >= 0.3 is 0 Å². The molecule has 0 bridgehead atoms. The lowest BCUT2D eigenvalue weighted by molar-refractivity contribution is 1.18. The molecule has 0 radical (unpaired) electrons. The minimum atomic E-state index is 1.15. The summed E-state index contributed by atoms with van der Waals surface area (Å²) in [4.78, 5) is 2.91. The summed E-state index contributed by atoms with van der Waals surface area (Å²) in [6, 6.07) is 2.25. The van der Waals surface area contributed by atoms with Crippen molar-refractivity contribution in [2.45, 2.75) is 41.0 Å². The van der Waals surface area contributed by atoms with Gasteiger partial charge in [-0.25, -0.2) is 0 Å². The maximum absolute atomic E-state index is 2.25. The highest BCUT2D eigenvalue weighted by molar-refractivity contribution is 7.12. The molecule has 0 spiro atoms. The zero-order valence-electron chi connectivity index (χ0n) is 9.35. The Morgan fingerprint density at radius 1 is 1.38 bits per heavy atom. The molecule has 0 nitrogen and oxygen atoms in total. The Morgan fingerprint density at radius 3 is 2.46 bits per heavy atom. The number of aryl methyl sites for hydroxylation is 2. The second-order valence-corrected chi connectivity index (χ2v) is 3.93. The normalized spacial score (nSPS) is 9.92. The van der Waals surface area contributed by atoms with Crippen LogP contribution >= 0.6 is 11.3 Å². The molecule has 1 heterocycles. The number of thiophene rings is 1. The topological polar surface area (TPSA) is 0 Å². The van der Waals surface area contributed by atoms with Gasteiger partial charge in [0.1, 0.15) is 0 Å². The minimum absolute atomic E-state index is 1.15. The fourth-order valence-corrected chi connectivity index (χ4v) is 2.14. The van der Waals surface area contributed by atoms with E-state index >= 15 is 0 Å². The molecular weight excluding hydrogens is 176 g/mol. The molecule has 0 unspecified atom stereocenters. The van der Waals surface area contributed by atoms with Crippen LogP contribution in [0.1, 0.15) is 43.0 Å². The summed E-state index contributed by atoms with van der Waals surface area (Å²) < 4.78 is 0. The molecule has 0 aliphatic rings. The third kappa shape index (κ3) is 3.77. The standard InChI is InChI=1S/C10H14S.C2H6/c1-4-6-9-7-8(3)11-10(9)5-2;1-2/h4,6-7H,5H2,1-3H3;1-2H3/b6-4-;. The molecule has 0 saturated carbocycles. The lowest BCUT2D eigenvalue weighted by Gasteiger charge is -1.90. The number of hydrogen-bond donors (Lipinski definition) is 0. The summed E-state index contributed by atoms with van der Waals surface area (Å²) in [7, 11) is 0. The van der Waals surface area contributed by atoms with Gasteiger partial charge in [-0.05, 0) is 31.9 Å². The Hall–Kier alpha value is -0.560. The van der Waals surface area contributed by atoms with Crippen LogP contribution in [0.25, 0.3) is 6.08 Å². The predicted octanol–water partition coefficient (Wildman–Crippen LogP) is 4.68. The number of rotatable bonds is 2. The molecule has 74 valence electrons. The van der Waals surface area contributed by atoms with Gasteiger partial charge in [0.15, 0.2) is 0 Å². The van der Waals surface area contributed by atoms with Crippen molar-refractivity contribution in [2.24, 2.45) is 0 Å². The lowest BCUT2D eigenvalue weighted by Crippen LogP contribution is -1.74. The van der Waals surface area contributed by atoms with Crippen LogP contribution in [0.15, 0.2) is 12.1 Å². The van der Waals surface area contributed by atoms with E-state index in [9.17, 15) is 0 Å². The van der Waals surface area contributed by atoms with Crippen molar-refractivity contribution >= 4 is 17.4 Å². The molecule has 0 fully saturated rings. The first-order chi connectivity index (χ1) is 6.27. The smallest absolute Gasteiger partial charge is 0.0117 e. The first-order valence-electron chi connectivity index (χ1n) is 5.00. The number of allylic oxidation sites excluding steroid dienone is 1. The molecule has 0 N–H and O–H groups in total. The van der Waals surface area contributed by atoms with E-state index in [2.05, 4.69) is 39.0 Å². The second-order valence-electron chi connectivity index (χ2n) is 2.59. The van der Waals surface area contributed by atoms with Gasteiger partial charge in [-0.15, -0.1) is 11.3 Å². The zero-order chi connectivity index (χ0) is 10.3. The van der Waals surface area contributed by atoms with Crippen LogP contribution in [-0.4, -0.2) is 0 Å². The number of hydrogen-bond acceptors (Lipinski definition) is 1. The van der Waals surface area contributed by atoms with E-state index in [1.807, 2.05) is 25.2 Å². The molecule has 13 heavy (non-hydrogen) atoms. The van der Waals surface area contributed by atoms with Crippen LogP contribution < -0.4 is 0 Å². The summed E-state index contributed by atoms with van der Waals surface area (Å²) in [5, 5.41) is 0. The van der Waals surface area contributed by atoms with Gasteiger partial charge in [0.2, 0.25) is 0 Å². The quantitative estimate of drug-likeness (QED) is 0.644. The molecule has 0 aliphatic heterocycles. The molecule has 0 aliphatic carbocycles. The van der Waals surface area contributed by atoms with Crippen LogP contribution in [-0.2, 0) is 6.42 Å². The van der Waals surface area contributed by atoms with Crippen molar-refractivity contribution in [3.8, 4) is 0 Å². The van der Waals surface area contributed by atoms with Crippen molar-refractivity contribution in [1.29, 1.82) is 0 Å². The molecule has 1 heteroatoms. The van der Waals surface area contributed by atoms with Crippen molar-refractivity contribution < 1.29 is 0 Å². The minimum Gasteiger partial charge on any atom is -0.145 e. The van der Waals surface area contributed by atoms with Crippen molar-refractivity contribution in [2.75, 3.05) is 0 Å². The summed E-state index contributed by atoms with van der Waals surface area (Å²) in [5.74, 6) is 0. The average molecular weight is 196 g/mol. The van der Waals surface area contributed by atoms with Gasteiger partial charge in [-0.3, -0.25) is 0 Å². The Morgan fingerprint density at radius 2 is 2.00 bits per heavy atom. The van der Waals surface area contributed by atoms with Gasteiger partial charge in [0, 0.05) is 9.75 Å². The SMILES string of the molecule is C/C=C\c1cc(C)sc1CC.CC. The van der Waals surface area contributed by atoms with E-state index in [1.165, 1.54) is 15.3 Å². The van der Waals surface area contributed by atoms with Crippen molar-refractivity contribution in [3.63, 3.8) is 0 Å². The first-order valence-corrected chi connectivity index (χ1v) is 5.81. The van der Waals surface area contributed by atoms with Gasteiger partial charge in [-0.1, -0.05) is 32.9 Å². The van der Waals surface area contributed by atoms with Crippen LogP contribution in [0.4, 0.5) is 0 Å². The lowest BCUT2D eigenvalue weighted by atomic mass is 10.2. The van der Waals surface area contributed by atoms with Gasteiger partial charge in [-0.2, -0.15) is 0 Å². The molecule has 1 rings (SSSR count). The second kappa shape index (κ2) is 6.90. The Kier molecular flexibility index (Phi) is 6.61. The first kappa shape index (κ1) is 12.4. The summed E-state index contributed by atoms with van der Waals surface area (Å²) in [6.07, 6.45) is 5.43. The van der Waals surface area contributed by atoms with Crippen LogP contribution in [0.2, 0.25) is 0 Å². The van der Waals surface area contributed by atoms with E-state index < -0.39 is 0 Å². The largest absolute Gasteiger partial charge is 0.145 e. The molecule has 1 aromatic heterocycles. The zero-order valence-corrected chi connectivity index (χ0v) is 10.2. The maximum Gasteiger partial charge on any atom is 0.0117 e. The molecule has 0 saturated heterocycles. The highest BCUT2D eigenvalue weighted by Crippen LogP contribution is 2.23. The summed E-state index contributed by atoms with van der Waals surface area (Å²) >= 11 is 1.90. The van der Waals surface area contributed by atoms with E-state index in [-0.39, 0.29) is 0 Å². The molecule has 1 aromatic rings. The van der Waals surface area contributed by atoms with Gasteiger partial charge < -0.3 is 0 Å². The molecular formula is C12H20S. The van der Waals surface area contributed by atoms with Gasteiger partial charge in [0.05, 0.1) is 0 Å².